The highest BCUT2D eigenvalue weighted by molar-refractivity contribution is 8.14. The molecule has 2 atom stereocenters. The minimum atomic E-state index is -1.90. The Kier molecular flexibility index (Phi) is 12.4. The molecule has 0 radical (unpaired) electrons. The van der Waals surface area contributed by atoms with Crippen LogP contribution in [0.3, 0.4) is 0 Å². The second kappa shape index (κ2) is 15.7. The fourth-order valence-corrected chi connectivity index (χ4v) is 4.71. The van der Waals surface area contributed by atoms with Crippen molar-refractivity contribution in [3.8, 4) is 5.75 Å². The Labute approximate surface area is 265 Å². The first-order valence-electron chi connectivity index (χ1n) is 12.3. The van der Waals surface area contributed by atoms with E-state index >= 15 is 0 Å². The van der Waals surface area contributed by atoms with Crippen LogP contribution < -0.4 is 10.1 Å². The Morgan fingerprint density at radius 1 is 0.953 bits per heavy atom. The fourth-order valence-electron chi connectivity index (χ4n) is 3.52. The Morgan fingerprint density at radius 2 is 1.58 bits per heavy atom. The number of aliphatic hydroxyl groups excluding tert-OH is 1. The van der Waals surface area contributed by atoms with Crippen molar-refractivity contribution in [2.24, 2.45) is 0 Å². The fraction of sp³-hybridized carbons (Fsp3) is 0.296. The van der Waals surface area contributed by atoms with Crippen LogP contribution in [0, 0.1) is 0 Å². The maximum atomic E-state index is 13.2. The predicted octanol–water partition coefficient (Wildman–Crippen LogP) is 4.03. The third-order valence-corrected chi connectivity index (χ3v) is 6.81. The number of hydrogen-bond acceptors (Lipinski definition) is 11. The number of esters is 1. The van der Waals surface area contributed by atoms with Gasteiger partial charge in [0, 0.05) is 0 Å². The number of nitrogens with one attached hydrogen (secondary N) is 1. The summed E-state index contributed by atoms with van der Waals surface area (Å²) in [5.74, 6) is -2.75. The van der Waals surface area contributed by atoms with Crippen molar-refractivity contribution < 1.29 is 48.0 Å². The van der Waals surface area contributed by atoms with E-state index in [1.165, 1.54) is 0 Å². The van der Waals surface area contributed by atoms with E-state index in [9.17, 15) is 29.1 Å². The van der Waals surface area contributed by atoms with Crippen molar-refractivity contribution in [2.45, 2.75) is 28.7 Å². The van der Waals surface area contributed by atoms with Gasteiger partial charge in [0.15, 0.2) is 18.9 Å². The van der Waals surface area contributed by atoms with Crippen molar-refractivity contribution >= 4 is 75.6 Å². The molecule has 3 rings (SSSR count). The number of para-hydroxylation sites is 1. The molecule has 2 aromatic carbocycles. The largest absolute Gasteiger partial charge is 0.510 e. The quantitative estimate of drug-likeness (QED) is 0.110. The van der Waals surface area contributed by atoms with Gasteiger partial charge < -0.3 is 29.4 Å². The molecule has 0 saturated carbocycles. The number of carbonyl (C=O) groups excluding carboxylic acids is 5. The van der Waals surface area contributed by atoms with Gasteiger partial charge >= 0.3 is 12.1 Å². The SMILES string of the molecule is CC(O)=C(C(=O)OCc1ccccc1)N1C(=O)[C@H](NC(=O)COc2ccccc2)[C@@H]1SC(=O)COC(=O)OCC(Cl)(Cl)Cl. The number of amides is 2. The van der Waals surface area contributed by atoms with Crippen LogP contribution in [0.5, 0.6) is 5.75 Å². The monoisotopic (exact) mass is 674 g/mol. The molecule has 1 fully saturated rings. The minimum Gasteiger partial charge on any atom is -0.510 e. The number of halogens is 3. The molecule has 0 spiro atoms. The van der Waals surface area contributed by atoms with E-state index in [1.807, 2.05) is 0 Å². The van der Waals surface area contributed by atoms with Crippen molar-refractivity contribution in [1.82, 2.24) is 10.2 Å². The molecule has 2 amide bonds. The smallest absolute Gasteiger partial charge is 0.508 e. The molecule has 2 N–H and O–H groups in total. The first-order valence-corrected chi connectivity index (χ1v) is 14.3. The summed E-state index contributed by atoms with van der Waals surface area (Å²) >= 11 is 17.0. The van der Waals surface area contributed by atoms with E-state index < -0.39 is 75.5 Å². The molecule has 2 aromatic rings. The molecule has 43 heavy (non-hydrogen) atoms. The molecule has 230 valence electrons. The van der Waals surface area contributed by atoms with E-state index in [1.54, 1.807) is 60.7 Å². The average molecular weight is 676 g/mol. The number of nitrogens with zero attached hydrogens (tertiary/aromatic N) is 1. The summed E-state index contributed by atoms with van der Waals surface area (Å²) in [5, 5.41) is 10.7. The topological polar surface area (TPSA) is 158 Å². The number of aliphatic hydroxyl groups is 1. The summed E-state index contributed by atoms with van der Waals surface area (Å²) in [5.41, 5.74) is 0.101. The summed E-state index contributed by atoms with van der Waals surface area (Å²) in [6, 6.07) is 15.7. The summed E-state index contributed by atoms with van der Waals surface area (Å²) < 4.78 is 18.1. The zero-order chi connectivity index (χ0) is 31.6. The Bertz CT molecular complexity index is 1350. The van der Waals surface area contributed by atoms with Crippen molar-refractivity contribution in [2.75, 3.05) is 19.8 Å². The number of ether oxygens (including phenoxy) is 4. The molecular formula is C27H25Cl3N2O10S. The number of alkyl halides is 3. The van der Waals surface area contributed by atoms with Gasteiger partial charge in [-0.1, -0.05) is 95.1 Å². The third kappa shape index (κ3) is 10.5. The Morgan fingerprint density at radius 3 is 2.19 bits per heavy atom. The van der Waals surface area contributed by atoms with Gasteiger partial charge in [0.1, 0.15) is 36.1 Å². The van der Waals surface area contributed by atoms with Gasteiger partial charge in [-0.05, 0) is 24.6 Å². The van der Waals surface area contributed by atoms with Crippen LogP contribution in [-0.4, -0.2) is 74.1 Å². The van der Waals surface area contributed by atoms with Crippen LogP contribution in [0.15, 0.2) is 72.1 Å². The zero-order valence-corrected chi connectivity index (χ0v) is 25.5. The van der Waals surface area contributed by atoms with Crippen LogP contribution >= 0.6 is 46.6 Å². The third-order valence-electron chi connectivity index (χ3n) is 5.38. The van der Waals surface area contributed by atoms with E-state index in [-0.39, 0.29) is 6.61 Å². The standard InChI is InChI=1S/C27H25Cl3N2O10S/c1-16(33)22(25(37)40-12-17-8-4-2-5-9-17)32-23(36)21(31-19(34)13-39-18-10-6-3-7-11-18)24(32)43-20(35)14-41-26(38)42-15-27(28,29)30/h2-11,21,24,33H,12-15H2,1H3,(H,31,34)/t21-,24-/m0/s1. The van der Waals surface area contributed by atoms with Gasteiger partial charge in [-0.15, -0.1) is 0 Å². The number of β-lactam (4-membered cyclic amide) rings is 1. The van der Waals surface area contributed by atoms with E-state index in [0.717, 1.165) is 11.8 Å². The van der Waals surface area contributed by atoms with Gasteiger partial charge in [-0.2, -0.15) is 0 Å². The van der Waals surface area contributed by atoms with Crippen LogP contribution in [0.4, 0.5) is 4.79 Å². The number of likely N-dealkylation sites (tertiary alicyclic amines) is 1. The highest BCUT2D eigenvalue weighted by Gasteiger charge is 2.53. The second-order valence-electron chi connectivity index (χ2n) is 8.67. The average Bonchev–Trinajstić information content (AvgIpc) is 2.98. The van der Waals surface area contributed by atoms with Crippen LogP contribution in [-0.2, 0) is 40.0 Å². The van der Waals surface area contributed by atoms with Crippen LogP contribution in [0.2, 0.25) is 0 Å². The molecule has 1 heterocycles. The van der Waals surface area contributed by atoms with Crippen LogP contribution in [0.1, 0.15) is 12.5 Å². The number of benzene rings is 2. The molecule has 16 heteroatoms. The van der Waals surface area contributed by atoms with Gasteiger partial charge in [-0.3, -0.25) is 19.3 Å². The predicted molar refractivity (Wildman–Crippen MR) is 156 cm³/mol. The summed E-state index contributed by atoms with van der Waals surface area (Å²) in [4.78, 5) is 64.0. The Balaban J connectivity index is 1.71. The van der Waals surface area contributed by atoms with Crippen molar-refractivity contribution in [3.05, 3.63) is 77.7 Å². The zero-order valence-electron chi connectivity index (χ0n) is 22.4. The number of allylic oxidation sites excluding steroid dienone is 1. The van der Waals surface area contributed by atoms with E-state index in [0.29, 0.717) is 23.1 Å². The lowest BCUT2D eigenvalue weighted by Gasteiger charge is -2.46. The molecule has 1 saturated heterocycles. The lowest BCUT2D eigenvalue weighted by atomic mass is 10.1. The molecule has 0 bridgehead atoms. The molecule has 1 aliphatic heterocycles. The molecule has 0 aromatic heterocycles. The summed E-state index contributed by atoms with van der Waals surface area (Å²) in [6.07, 6.45) is -1.30. The van der Waals surface area contributed by atoms with Gasteiger partial charge in [0.25, 0.3) is 11.8 Å². The van der Waals surface area contributed by atoms with Gasteiger partial charge in [-0.25, -0.2) is 9.59 Å². The van der Waals surface area contributed by atoms with Gasteiger partial charge in [0.05, 0.1) is 0 Å². The first-order chi connectivity index (χ1) is 20.4. The minimum absolute atomic E-state index is 0.170. The van der Waals surface area contributed by atoms with Crippen LogP contribution in [0.25, 0.3) is 0 Å². The highest BCUT2D eigenvalue weighted by Crippen LogP contribution is 2.36. The number of thioether (sulfide) groups is 1. The second-order valence-corrected chi connectivity index (χ2v) is 12.4. The number of carbonyl (C=O) groups is 5. The molecule has 0 unspecified atom stereocenters. The van der Waals surface area contributed by atoms with Crippen molar-refractivity contribution in [3.63, 3.8) is 0 Å². The normalized spacial score (nSPS) is 16.7. The lowest BCUT2D eigenvalue weighted by molar-refractivity contribution is -0.153. The summed E-state index contributed by atoms with van der Waals surface area (Å²) in [6.45, 7) is -0.958. The lowest BCUT2D eigenvalue weighted by Crippen LogP contribution is -2.70. The number of hydrogen-bond donors (Lipinski definition) is 2. The van der Waals surface area contributed by atoms with Crippen molar-refractivity contribution in [1.29, 1.82) is 0 Å². The van der Waals surface area contributed by atoms with E-state index in [4.69, 9.17) is 49.0 Å². The maximum absolute atomic E-state index is 13.2. The van der Waals surface area contributed by atoms with E-state index in [2.05, 4.69) is 10.1 Å². The molecular weight excluding hydrogens is 651 g/mol. The number of rotatable bonds is 12. The summed E-state index contributed by atoms with van der Waals surface area (Å²) in [7, 11) is 0. The first kappa shape index (κ1) is 33.8. The molecule has 0 aliphatic carbocycles. The van der Waals surface area contributed by atoms with Gasteiger partial charge in [0.2, 0.25) is 8.91 Å². The maximum Gasteiger partial charge on any atom is 0.508 e. The molecule has 1 aliphatic rings. The Hall–Kier alpha value is -3.65. The molecule has 12 nitrogen and oxygen atoms in total. The highest BCUT2D eigenvalue weighted by atomic mass is 35.6.